The molecule has 0 spiro atoms. The minimum absolute atomic E-state index is 0.198. The first-order chi connectivity index (χ1) is 7.16. The number of halogens is 2. The van der Waals surface area contributed by atoms with E-state index in [0.29, 0.717) is 4.47 Å². The van der Waals surface area contributed by atoms with Crippen LogP contribution in [0.15, 0.2) is 22.7 Å². The van der Waals surface area contributed by atoms with Gasteiger partial charge in [0.05, 0.1) is 4.47 Å². The first-order valence-electron chi connectivity index (χ1n) is 5.07. The van der Waals surface area contributed by atoms with E-state index in [1.165, 1.54) is 6.07 Å². The van der Waals surface area contributed by atoms with Crippen molar-refractivity contribution in [3.63, 3.8) is 0 Å². The molecule has 2 N–H and O–H groups in total. The van der Waals surface area contributed by atoms with Crippen LogP contribution in [0.25, 0.3) is 0 Å². The largest absolute Gasteiger partial charge is 0.326 e. The minimum atomic E-state index is -0.198. The molecule has 15 heavy (non-hydrogen) atoms. The molecule has 1 aliphatic heterocycles. The van der Waals surface area contributed by atoms with Crippen LogP contribution in [0.3, 0.4) is 0 Å². The van der Waals surface area contributed by atoms with Gasteiger partial charge in [-0.3, -0.25) is 4.90 Å². The Morgan fingerprint density at radius 1 is 1.53 bits per heavy atom. The maximum absolute atomic E-state index is 13.2. The van der Waals surface area contributed by atoms with Gasteiger partial charge >= 0.3 is 0 Å². The van der Waals surface area contributed by atoms with Crippen LogP contribution >= 0.6 is 15.9 Å². The van der Waals surface area contributed by atoms with Crippen molar-refractivity contribution in [2.24, 2.45) is 5.73 Å². The second-order valence-corrected chi connectivity index (χ2v) is 4.79. The maximum atomic E-state index is 13.2. The van der Waals surface area contributed by atoms with Crippen molar-refractivity contribution in [3.8, 4) is 0 Å². The third kappa shape index (κ3) is 2.56. The van der Waals surface area contributed by atoms with Crippen molar-refractivity contribution in [1.82, 2.24) is 4.90 Å². The molecule has 1 heterocycles. The Hall–Kier alpha value is -0.450. The molecule has 1 fully saturated rings. The molecule has 1 unspecified atom stereocenters. The smallest absolute Gasteiger partial charge is 0.137 e. The average molecular weight is 273 g/mol. The maximum Gasteiger partial charge on any atom is 0.137 e. The van der Waals surface area contributed by atoms with Gasteiger partial charge < -0.3 is 5.73 Å². The lowest BCUT2D eigenvalue weighted by Crippen LogP contribution is -2.26. The Morgan fingerprint density at radius 2 is 2.33 bits per heavy atom. The highest BCUT2D eigenvalue weighted by atomic mass is 79.9. The summed E-state index contributed by atoms with van der Waals surface area (Å²) < 4.78 is 13.8. The van der Waals surface area contributed by atoms with Gasteiger partial charge in [-0.15, -0.1) is 0 Å². The standard InChI is InChI=1S/C11H14BrFN2/c12-11-8(2-1-3-10(11)13)6-15-5-4-9(14)7-15/h1-3,9H,4-7,14H2. The number of rotatable bonds is 2. The SMILES string of the molecule is NC1CCN(Cc2cccc(F)c2Br)C1. The molecule has 0 radical (unpaired) electrons. The van der Waals surface area contributed by atoms with E-state index in [1.807, 2.05) is 6.07 Å². The van der Waals surface area contributed by atoms with E-state index in [-0.39, 0.29) is 11.9 Å². The van der Waals surface area contributed by atoms with Crippen molar-refractivity contribution in [1.29, 1.82) is 0 Å². The zero-order chi connectivity index (χ0) is 10.8. The summed E-state index contributed by atoms with van der Waals surface area (Å²) in [4.78, 5) is 2.25. The highest BCUT2D eigenvalue weighted by molar-refractivity contribution is 9.10. The molecule has 1 saturated heterocycles. The molecule has 0 saturated carbocycles. The second-order valence-electron chi connectivity index (χ2n) is 4.00. The van der Waals surface area contributed by atoms with Crippen molar-refractivity contribution >= 4 is 15.9 Å². The Labute approximate surface area is 97.4 Å². The van der Waals surface area contributed by atoms with E-state index in [4.69, 9.17) is 5.73 Å². The fourth-order valence-corrected chi connectivity index (χ4v) is 2.31. The molecule has 0 aliphatic carbocycles. The number of hydrogen-bond donors (Lipinski definition) is 1. The van der Waals surface area contributed by atoms with Crippen LogP contribution in [-0.2, 0) is 6.54 Å². The molecule has 1 aliphatic rings. The Balaban J connectivity index is 2.07. The third-order valence-corrected chi connectivity index (χ3v) is 3.62. The topological polar surface area (TPSA) is 29.3 Å². The van der Waals surface area contributed by atoms with E-state index >= 15 is 0 Å². The van der Waals surface area contributed by atoms with Gasteiger partial charge in [0, 0.05) is 25.7 Å². The summed E-state index contributed by atoms with van der Waals surface area (Å²) in [5.41, 5.74) is 6.81. The van der Waals surface area contributed by atoms with Crippen molar-refractivity contribution < 1.29 is 4.39 Å². The predicted molar refractivity (Wildman–Crippen MR) is 62.0 cm³/mol. The lowest BCUT2D eigenvalue weighted by atomic mass is 10.2. The van der Waals surface area contributed by atoms with Gasteiger partial charge in [-0.25, -0.2) is 4.39 Å². The van der Waals surface area contributed by atoms with Crippen LogP contribution < -0.4 is 5.73 Å². The van der Waals surface area contributed by atoms with Crippen LogP contribution in [0.5, 0.6) is 0 Å². The molecule has 1 atom stereocenters. The van der Waals surface area contributed by atoms with E-state index in [2.05, 4.69) is 20.8 Å². The summed E-state index contributed by atoms with van der Waals surface area (Å²) in [6, 6.07) is 5.42. The summed E-state index contributed by atoms with van der Waals surface area (Å²) in [5, 5.41) is 0. The van der Waals surface area contributed by atoms with Crippen molar-refractivity contribution in [2.45, 2.75) is 19.0 Å². The highest BCUT2D eigenvalue weighted by Crippen LogP contribution is 2.23. The summed E-state index contributed by atoms with van der Waals surface area (Å²) in [6.07, 6.45) is 1.03. The molecule has 0 aromatic heterocycles. The zero-order valence-corrected chi connectivity index (χ0v) is 10.0. The summed E-state index contributed by atoms with van der Waals surface area (Å²) >= 11 is 3.27. The highest BCUT2D eigenvalue weighted by Gasteiger charge is 2.19. The Kier molecular flexibility index (Phi) is 3.38. The molecule has 0 bridgehead atoms. The van der Waals surface area contributed by atoms with Gasteiger partial charge in [0.15, 0.2) is 0 Å². The molecule has 0 amide bonds. The predicted octanol–water partition coefficient (Wildman–Crippen LogP) is 2.12. The van der Waals surface area contributed by atoms with Gasteiger partial charge in [-0.2, -0.15) is 0 Å². The lowest BCUT2D eigenvalue weighted by Gasteiger charge is -2.16. The summed E-state index contributed by atoms with van der Waals surface area (Å²) in [5.74, 6) is -0.198. The monoisotopic (exact) mass is 272 g/mol. The van der Waals surface area contributed by atoms with Crippen LogP contribution in [0, 0.1) is 5.82 Å². The van der Waals surface area contributed by atoms with Gasteiger partial charge in [0.25, 0.3) is 0 Å². The molecule has 82 valence electrons. The zero-order valence-electron chi connectivity index (χ0n) is 8.42. The fraction of sp³-hybridized carbons (Fsp3) is 0.455. The van der Waals surface area contributed by atoms with Crippen LogP contribution in [-0.4, -0.2) is 24.0 Å². The number of likely N-dealkylation sites (tertiary alicyclic amines) is 1. The molecule has 1 aromatic carbocycles. The normalized spacial score (nSPS) is 22.2. The first kappa shape index (κ1) is 11.0. The fourth-order valence-electron chi connectivity index (χ4n) is 1.92. The second kappa shape index (κ2) is 4.60. The Morgan fingerprint density at radius 3 is 3.00 bits per heavy atom. The molecular formula is C11H14BrFN2. The summed E-state index contributed by atoms with van der Waals surface area (Å²) in [7, 11) is 0. The van der Waals surface area contributed by atoms with Crippen LogP contribution in [0.4, 0.5) is 4.39 Å². The van der Waals surface area contributed by atoms with E-state index < -0.39 is 0 Å². The van der Waals surface area contributed by atoms with E-state index in [1.54, 1.807) is 6.07 Å². The first-order valence-corrected chi connectivity index (χ1v) is 5.87. The van der Waals surface area contributed by atoms with E-state index in [0.717, 1.165) is 31.6 Å². The third-order valence-electron chi connectivity index (χ3n) is 2.73. The lowest BCUT2D eigenvalue weighted by molar-refractivity contribution is 0.325. The molecular weight excluding hydrogens is 259 g/mol. The average Bonchev–Trinajstić information content (AvgIpc) is 2.59. The minimum Gasteiger partial charge on any atom is -0.326 e. The number of hydrogen-bond acceptors (Lipinski definition) is 2. The number of nitrogens with two attached hydrogens (primary N) is 1. The van der Waals surface area contributed by atoms with Gasteiger partial charge in [0.1, 0.15) is 5.82 Å². The molecule has 2 rings (SSSR count). The van der Waals surface area contributed by atoms with E-state index in [9.17, 15) is 4.39 Å². The van der Waals surface area contributed by atoms with Gasteiger partial charge in [0.2, 0.25) is 0 Å². The molecule has 2 nitrogen and oxygen atoms in total. The van der Waals surface area contributed by atoms with Crippen molar-refractivity contribution in [2.75, 3.05) is 13.1 Å². The van der Waals surface area contributed by atoms with Crippen LogP contribution in [0.2, 0.25) is 0 Å². The molecule has 4 heteroatoms. The summed E-state index contributed by atoms with van der Waals surface area (Å²) in [6.45, 7) is 2.68. The number of nitrogens with zero attached hydrogens (tertiary/aromatic N) is 1. The Bertz CT molecular complexity index is 356. The van der Waals surface area contributed by atoms with Crippen LogP contribution in [0.1, 0.15) is 12.0 Å². The van der Waals surface area contributed by atoms with Crippen molar-refractivity contribution in [3.05, 3.63) is 34.1 Å². The molecule has 1 aromatic rings. The number of benzene rings is 1. The van der Waals surface area contributed by atoms with Gasteiger partial charge in [-0.05, 0) is 34.0 Å². The quantitative estimate of drug-likeness (QED) is 0.894. The van der Waals surface area contributed by atoms with Gasteiger partial charge in [-0.1, -0.05) is 12.1 Å².